The van der Waals surface area contributed by atoms with Crippen LogP contribution >= 0.6 is 11.8 Å². The van der Waals surface area contributed by atoms with Crippen molar-refractivity contribution in [3.05, 3.63) is 75.4 Å². The van der Waals surface area contributed by atoms with Gasteiger partial charge in [0.2, 0.25) is 5.75 Å². The van der Waals surface area contributed by atoms with E-state index in [1.165, 1.54) is 18.7 Å². The molecule has 38 heavy (non-hydrogen) atoms. The monoisotopic (exact) mass is 535 g/mol. The minimum Gasteiger partial charge on any atom is -0.493 e. The summed E-state index contributed by atoms with van der Waals surface area (Å²) >= 11 is 1.36. The van der Waals surface area contributed by atoms with Crippen molar-refractivity contribution in [1.82, 2.24) is 5.32 Å². The van der Waals surface area contributed by atoms with Gasteiger partial charge in [0, 0.05) is 18.1 Å². The standard InChI is InChI=1S/C29H29NO7S/c1-16(31)37-19-9-6-17(7-10-19)29(33)30-22-12-8-18-14-24(34-2)27(35-3)28(36-4)26(18)20-11-13-25(38-5)23(32)15-21(20)22/h6-7,9-11,13-15,22H,8,12H2,1-5H3,(H,30,33)/t22-/m0/s1. The van der Waals surface area contributed by atoms with E-state index in [0.29, 0.717) is 51.9 Å². The van der Waals surface area contributed by atoms with Gasteiger partial charge in [0.1, 0.15) is 5.75 Å². The number of amides is 1. The summed E-state index contributed by atoms with van der Waals surface area (Å²) in [6, 6.07) is 13.1. The molecule has 0 bridgehead atoms. The summed E-state index contributed by atoms with van der Waals surface area (Å²) < 4.78 is 22.1. The van der Waals surface area contributed by atoms with Crippen molar-refractivity contribution in [1.29, 1.82) is 0 Å². The Morgan fingerprint density at radius 3 is 2.26 bits per heavy atom. The van der Waals surface area contributed by atoms with Gasteiger partial charge in [-0.3, -0.25) is 14.4 Å². The molecule has 9 heteroatoms. The quantitative estimate of drug-likeness (QED) is 0.262. The van der Waals surface area contributed by atoms with Gasteiger partial charge in [-0.15, -0.1) is 11.8 Å². The summed E-state index contributed by atoms with van der Waals surface area (Å²) in [6.45, 7) is 1.31. The predicted molar refractivity (Wildman–Crippen MR) is 146 cm³/mol. The number of ether oxygens (including phenoxy) is 4. The smallest absolute Gasteiger partial charge is 0.308 e. The number of carbonyl (C=O) groups is 2. The third kappa shape index (κ3) is 5.33. The van der Waals surface area contributed by atoms with Crippen molar-refractivity contribution in [3.63, 3.8) is 0 Å². The minimum absolute atomic E-state index is 0.133. The van der Waals surface area contributed by atoms with Crippen LogP contribution in [0.4, 0.5) is 0 Å². The van der Waals surface area contributed by atoms with Gasteiger partial charge in [-0.25, -0.2) is 0 Å². The molecule has 0 fully saturated rings. The van der Waals surface area contributed by atoms with Crippen LogP contribution in [0.25, 0.3) is 11.1 Å². The summed E-state index contributed by atoms with van der Waals surface area (Å²) in [6.07, 6.45) is 2.97. The highest BCUT2D eigenvalue weighted by molar-refractivity contribution is 7.98. The van der Waals surface area contributed by atoms with Gasteiger partial charge < -0.3 is 24.3 Å². The van der Waals surface area contributed by atoms with E-state index >= 15 is 0 Å². The first kappa shape index (κ1) is 27.1. The molecule has 1 aliphatic carbocycles. The first-order valence-corrected chi connectivity index (χ1v) is 13.2. The van der Waals surface area contributed by atoms with Crippen LogP contribution < -0.4 is 29.7 Å². The Balaban J connectivity index is 1.84. The number of benzene rings is 2. The lowest BCUT2D eigenvalue weighted by Crippen LogP contribution is -2.29. The van der Waals surface area contributed by atoms with Gasteiger partial charge in [0.25, 0.3) is 5.91 Å². The number of esters is 1. The van der Waals surface area contributed by atoms with E-state index in [2.05, 4.69) is 5.32 Å². The lowest BCUT2D eigenvalue weighted by atomic mass is 9.95. The first-order valence-electron chi connectivity index (χ1n) is 11.9. The van der Waals surface area contributed by atoms with Gasteiger partial charge in [0.05, 0.1) is 32.3 Å². The summed E-state index contributed by atoms with van der Waals surface area (Å²) in [5.41, 5.74) is 3.47. The van der Waals surface area contributed by atoms with Gasteiger partial charge in [-0.1, -0.05) is 6.07 Å². The van der Waals surface area contributed by atoms with Crippen LogP contribution in [-0.2, 0) is 11.2 Å². The minimum atomic E-state index is -0.463. The molecular formula is C29H29NO7S. The van der Waals surface area contributed by atoms with Crippen molar-refractivity contribution in [3.8, 4) is 34.1 Å². The van der Waals surface area contributed by atoms with E-state index in [0.717, 1.165) is 16.7 Å². The van der Waals surface area contributed by atoms with Crippen LogP contribution in [-0.4, -0.2) is 39.5 Å². The lowest BCUT2D eigenvalue weighted by molar-refractivity contribution is -0.131. The number of aryl methyl sites for hydroxylation is 1. The highest BCUT2D eigenvalue weighted by Crippen LogP contribution is 2.50. The number of rotatable bonds is 7. The average molecular weight is 536 g/mol. The van der Waals surface area contributed by atoms with Crippen LogP contribution in [0.1, 0.15) is 40.9 Å². The van der Waals surface area contributed by atoms with Gasteiger partial charge in [0.15, 0.2) is 16.9 Å². The number of methoxy groups -OCH3 is 3. The van der Waals surface area contributed by atoms with Crippen molar-refractivity contribution in [2.75, 3.05) is 27.6 Å². The number of hydrogen-bond acceptors (Lipinski definition) is 8. The lowest BCUT2D eigenvalue weighted by Gasteiger charge is -2.20. The molecule has 0 radical (unpaired) electrons. The summed E-state index contributed by atoms with van der Waals surface area (Å²) in [5, 5.41) is 3.10. The van der Waals surface area contributed by atoms with Crippen LogP contribution in [0, 0.1) is 0 Å². The number of thioether (sulfide) groups is 1. The Morgan fingerprint density at radius 1 is 0.947 bits per heavy atom. The molecule has 1 amide bonds. The van der Waals surface area contributed by atoms with Crippen LogP contribution in [0.15, 0.2) is 58.2 Å². The van der Waals surface area contributed by atoms with E-state index < -0.39 is 12.0 Å². The van der Waals surface area contributed by atoms with Gasteiger partial charge >= 0.3 is 5.97 Å². The molecule has 0 unspecified atom stereocenters. The molecule has 3 aromatic carbocycles. The normalized spacial score (nSPS) is 13.9. The molecule has 0 aliphatic heterocycles. The average Bonchev–Trinajstić information content (AvgIpc) is 3.15. The van der Waals surface area contributed by atoms with Gasteiger partial charge in [-0.05, 0) is 78.3 Å². The third-order valence-electron chi connectivity index (χ3n) is 6.40. The zero-order chi connectivity index (χ0) is 27.4. The molecule has 0 aromatic heterocycles. The number of hydrogen-bond donors (Lipinski definition) is 1. The molecular weight excluding hydrogens is 506 g/mol. The molecule has 198 valence electrons. The second kappa shape index (κ2) is 11.6. The Kier molecular flexibility index (Phi) is 8.26. The van der Waals surface area contributed by atoms with Crippen molar-refractivity contribution < 1.29 is 28.5 Å². The van der Waals surface area contributed by atoms with E-state index in [-0.39, 0.29) is 11.3 Å². The molecule has 0 spiro atoms. The van der Waals surface area contributed by atoms with E-state index in [1.807, 2.05) is 18.4 Å². The summed E-state index contributed by atoms with van der Waals surface area (Å²) in [7, 11) is 4.68. The molecule has 0 saturated heterocycles. The Hall–Kier alpha value is -3.98. The predicted octanol–water partition coefficient (Wildman–Crippen LogP) is 4.80. The number of nitrogens with one attached hydrogen (secondary N) is 1. The largest absolute Gasteiger partial charge is 0.493 e. The second-order valence-corrected chi connectivity index (χ2v) is 9.49. The summed E-state index contributed by atoms with van der Waals surface area (Å²) in [4.78, 5) is 38.2. The number of fused-ring (bicyclic) bond motifs is 3. The molecule has 3 aromatic rings. The fraction of sp³-hybridized carbons (Fsp3) is 0.276. The Morgan fingerprint density at radius 2 is 1.66 bits per heavy atom. The fourth-order valence-electron chi connectivity index (χ4n) is 4.70. The second-order valence-electron chi connectivity index (χ2n) is 8.64. The van der Waals surface area contributed by atoms with E-state index in [9.17, 15) is 14.4 Å². The topological polar surface area (TPSA) is 100 Å². The molecule has 1 aliphatic rings. The highest BCUT2D eigenvalue weighted by Gasteiger charge is 2.30. The molecule has 0 heterocycles. The molecule has 8 nitrogen and oxygen atoms in total. The van der Waals surface area contributed by atoms with Crippen LogP contribution in [0.3, 0.4) is 0 Å². The van der Waals surface area contributed by atoms with Crippen molar-refractivity contribution >= 4 is 23.6 Å². The van der Waals surface area contributed by atoms with Crippen molar-refractivity contribution in [2.24, 2.45) is 0 Å². The summed E-state index contributed by atoms with van der Waals surface area (Å²) in [5.74, 6) is 1.09. The fourth-order valence-corrected chi connectivity index (χ4v) is 5.16. The van der Waals surface area contributed by atoms with Crippen LogP contribution in [0.2, 0.25) is 0 Å². The zero-order valence-electron chi connectivity index (χ0n) is 21.9. The van der Waals surface area contributed by atoms with Crippen LogP contribution in [0.5, 0.6) is 23.0 Å². The van der Waals surface area contributed by atoms with Gasteiger partial charge in [-0.2, -0.15) is 0 Å². The maximum absolute atomic E-state index is 13.3. The highest BCUT2D eigenvalue weighted by atomic mass is 32.2. The molecule has 0 saturated carbocycles. The van der Waals surface area contributed by atoms with E-state index in [1.54, 1.807) is 57.7 Å². The molecule has 1 N–H and O–H groups in total. The molecule has 1 atom stereocenters. The Labute approximate surface area is 225 Å². The SMILES string of the molecule is COc1cc2c(c(OC)c1OC)-c1ccc(SC)c(=O)cc1[C@@H](NC(=O)c1ccc(OC(C)=O)cc1)CC2. The maximum atomic E-state index is 13.3. The van der Waals surface area contributed by atoms with E-state index in [4.69, 9.17) is 18.9 Å². The molecule has 4 rings (SSSR count). The number of carbonyl (C=O) groups excluding carboxylic acids is 2. The Bertz CT molecular complexity index is 1440. The zero-order valence-corrected chi connectivity index (χ0v) is 22.7. The van der Waals surface area contributed by atoms with Crippen molar-refractivity contribution in [2.45, 2.75) is 30.7 Å². The first-order chi connectivity index (χ1) is 18.3. The maximum Gasteiger partial charge on any atom is 0.308 e. The third-order valence-corrected chi connectivity index (χ3v) is 7.18.